The molecule has 17 heavy (non-hydrogen) atoms. The minimum atomic E-state index is 0.462. The molecule has 1 aromatic carbocycles. The Morgan fingerprint density at radius 3 is 3.00 bits per heavy atom. The predicted molar refractivity (Wildman–Crippen MR) is 75.4 cm³/mol. The van der Waals surface area contributed by atoms with E-state index in [0.29, 0.717) is 11.0 Å². The summed E-state index contributed by atoms with van der Waals surface area (Å²) < 4.78 is 1.19. The molecule has 0 saturated carbocycles. The summed E-state index contributed by atoms with van der Waals surface area (Å²) in [5.74, 6) is 0.462. The van der Waals surface area contributed by atoms with Gasteiger partial charge in [0, 0.05) is 15.3 Å². The first-order chi connectivity index (χ1) is 8.25. The fraction of sp³-hybridized carbons (Fsp3) is 0.308. The Morgan fingerprint density at radius 1 is 1.35 bits per heavy atom. The molecule has 1 aliphatic carbocycles. The molecule has 3 rings (SSSR count). The molecule has 0 bridgehead atoms. The Hall–Kier alpha value is -0.870. The molecule has 0 aliphatic heterocycles. The Kier molecular flexibility index (Phi) is 2.92. The minimum Gasteiger partial charge on any atom is -0.375 e. The third-order valence-corrected chi connectivity index (χ3v) is 5.01. The predicted octanol–water partition coefficient (Wildman–Crippen LogP) is 3.96. The summed E-state index contributed by atoms with van der Waals surface area (Å²) in [5, 5.41) is 0.703. The highest BCUT2D eigenvalue weighted by Crippen LogP contribution is 2.42. The van der Waals surface area contributed by atoms with E-state index in [0.717, 1.165) is 6.42 Å². The highest BCUT2D eigenvalue weighted by molar-refractivity contribution is 9.10. The number of fused-ring (bicyclic) bond motifs is 1. The van der Waals surface area contributed by atoms with Crippen LogP contribution in [0.15, 0.2) is 28.7 Å². The first-order valence-electron chi connectivity index (χ1n) is 5.75. The summed E-state index contributed by atoms with van der Waals surface area (Å²) in [6.07, 6.45) is 3.46. The summed E-state index contributed by atoms with van der Waals surface area (Å²) in [5.41, 5.74) is 8.40. The van der Waals surface area contributed by atoms with Crippen molar-refractivity contribution in [2.45, 2.75) is 25.2 Å². The lowest BCUT2D eigenvalue weighted by Crippen LogP contribution is -2.09. The van der Waals surface area contributed by atoms with Crippen molar-refractivity contribution in [3.8, 4) is 0 Å². The molecule has 1 atom stereocenters. The lowest BCUT2D eigenvalue weighted by molar-refractivity contribution is 0.616. The molecule has 1 heterocycles. The minimum absolute atomic E-state index is 0.462. The number of nitrogens with two attached hydrogens (primary N) is 1. The maximum atomic E-state index is 5.83. The van der Waals surface area contributed by atoms with E-state index in [9.17, 15) is 0 Å². The molecule has 2 N–H and O–H groups in total. The molecular weight excluding hydrogens is 296 g/mol. The first kappa shape index (κ1) is 11.2. The van der Waals surface area contributed by atoms with Gasteiger partial charge in [-0.3, -0.25) is 0 Å². The molecule has 4 heteroatoms. The summed E-state index contributed by atoms with van der Waals surface area (Å²) in [6.45, 7) is 0. The number of halogens is 1. The molecule has 1 aliphatic rings. The molecule has 0 radical (unpaired) electrons. The standard InChI is InChI=1S/C13H13BrN2S/c14-10-6-2-1-4-8(10)9-5-3-7-11-12(9)17-13(15)16-11/h1-2,4,6,9H,3,5,7H2,(H2,15,16). The first-order valence-corrected chi connectivity index (χ1v) is 7.36. The van der Waals surface area contributed by atoms with Gasteiger partial charge in [0.05, 0.1) is 5.69 Å². The van der Waals surface area contributed by atoms with E-state index in [1.165, 1.54) is 33.4 Å². The number of aryl methyl sites for hydroxylation is 1. The maximum Gasteiger partial charge on any atom is 0.180 e. The highest BCUT2D eigenvalue weighted by Gasteiger charge is 2.26. The molecule has 1 unspecified atom stereocenters. The zero-order valence-corrected chi connectivity index (χ0v) is 11.7. The molecular formula is C13H13BrN2S. The van der Waals surface area contributed by atoms with Crippen LogP contribution in [0.3, 0.4) is 0 Å². The topological polar surface area (TPSA) is 38.9 Å². The van der Waals surface area contributed by atoms with Crippen LogP contribution in [0.1, 0.15) is 34.9 Å². The van der Waals surface area contributed by atoms with Crippen LogP contribution < -0.4 is 5.73 Å². The number of aromatic nitrogens is 1. The van der Waals surface area contributed by atoms with Gasteiger partial charge in [0.15, 0.2) is 5.13 Å². The number of nitrogens with zero attached hydrogens (tertiary/aromatic N) is 1. The van der Waals surface area contributed by atoms with Crippen molar-refractivity contribution >= 4 is 32.4 Å². The normalized spacial score (nSPS) is 19.0. The van der Waals surface area contributed by atoms with Crippen molar-refractivity contribution in [3.63, 3.8) is 0 Å². The Balaban J connectivity index is 2.09. The second kappa shape index (κ2) is 4.42. The van der Waals surface area contributed by atoms with E-state index in [2.05, 4.69) is 45.2 Å². The monoisotopic (exact) mass is 308 g/mol. The van der Waals surface area contributed by atoms with Crippen LogP contribution in [0.5, 0.6) is 0 Å². The van der Waals surface area contributed by atoms with Crippen molar-refractivity contribution in [2.24, 2.45) is 0 Å². The van der Waals surface area contributed by atoms with Crippen LogP contribution in [0, 0.1) is 0 Å². The van der Waals surface area contributed by atoms with Crippen LogP contribution in [0.4, 0.5) is 5.13 Å². The molecule has 0 spiro atoms. The Bertz CT molecular complexity index is 550. The van der Waals surface area contributed by atoms with E-state index in [-0.39, 0.29) is 0 Å². The number of anilines is 1. The third-order valence-electron chi connectivity index (χ3n) is 3.25. The van der Waals surface area contributed by atoms with Crippen molar-refractivity contribution in [1.82, 2.24) is 4.98 Å². The molecule has 88 valence electrons. The maximum absolute atomic E-state index is 5.83. The van der Waals surface area contributed by atoms with E-state index in [1.807, 2.05) is 0 Å². The highest BCUT2D eigenvalue weighted by atomic mass is 79.9. The smallest absolute Gasteiger partial charge is 0.180 e. The van der Waals surface area contributed by atoms with Gasteiger partial charge in [-0.15, -0.1) is 11.3 Å². The molecule has 0 amide bonds. The number of benzene rings is 1. The molecule has 1 aromatic heterocycles. The summed E-state index contributed by atoms with van der Waals surface area (Å²) in [4.78, 5) is 5.80. The Morgan fingerprint density at radius 2 is 2.18 bits per heavy atom. The third kappa shape index (κ3) is 2.00. The van der Waals surface area contributed by atoms with Gasteiger partial charge < -0.3 is 5.73 Å². The van der Waals surface area contributed by atoms with Crippen LogP contribution in [-0.2, 0) is 6.42 Å². The van der Waals surface area contributed by atoms with E-state index in [1.54, 1.807) is 11.3 Å². The Labute approximate surface area is 113 Å². The van der Waals surface area contributed by atoms with Crippen molar-refractivity contribution < 1.29 is 0 Å². The van der Waals surface area contributed by atoms with Gasteiger partial charge in [0.2, 0.25) is 0 Å². The number of nitrogen functional groups attached to an aromatic ring is 1. The van der Waals surface area contributed by atoms with Crippen LogP contribution in [0.2, 0.25) is 0 Å². The van der Waals surface area contributed by atoms with Gasteiger partial charge in [0.25, 0.3) is 0 Å². The quantitative estimate of drug-likeness (QED) is 0.866. The fourth-order valence-electron chi connectivity index (χ4n) is 2.49. The van der Waals surface area contributed by atoms with Crippen LogP contribution >= 0.6 is 27.3 Å². The van der Waals surface area contributed by atoms with Gasteiger partial charge in [-0.05, 0) is 30.9 Å². The van der Waals surface area contributed by atoms with Crippen molar-refractivity contribution in [1.29, 1.82) is 0 Å². The van der Waals surface area contributed by atoms with Gasteiger partial charge in [0.1, 0.15) is 0 Å². The summed E-state index contributed by atoms with van der Waals surface area (Å²) in [6, 6.07) is 8.45. The van der Waals surface area contributed by atoms with Crippen LogP contribution in [-0.4, -0.2) is 4.98 Å². The van der Waals surface area contributed by atoms with E-state index < -0.39 is 0 Å². The average Bonchev–Trinajstić information content (AvgIpc) is 2.70. The molecule has 0 fully saturated rings. The second-order valence-electron chi connectivity index (χ2n) is 4.33. The lowest BCUT2D eigenvalue weighted by Gasteiger charge is -2.22. The van der Waals surface area contributed by atoms with Crippen LogP contribution in [0.25, 0.3) is 0 Å². The van der Waals surface area contributed by atoms with Crippen molar-refractivity contribution in [2.75, 3.05) is 5.73 Å². The number of hydrogen-bond donors (Lipinski definition) is 1. The van der Waals surface area contributed by atoms with Gasteiger partial charge in [-0.2, -0.15) is 0 Å². The molecule has 2 aromatic rings. The van der Waals surface area contributed by atoms with E-state index >= 15 is 0 Å². The second-order valence-corrected chi connectivity index (χ2v) is 6.25. The molecule has 0 saturated heterocycles. The van der Waals surface area contributed by atoms with Gasteiger partial charge in [-0.1, -0.05) is 34.1 Å². The van der Waals surface area contributed by atoms with Gasteiger partial charge >= 0.3 is 0 Å². The largest absolute Gasteiger partial charge is 0.375 e. The van der Waals surface area contributed by atoms with Gasteiger partial charge in [-0.25, -0.2) is 4.98 Å². The molecule has 2 nitrogen and oxygen atoms in total. The fourth-order valence-corrected chi connectivity index (χ4v) is 4.09. The zero-order chi connectivity index (χ0) is 11.8. The lowest BCUT2D eigenvalue weighted by atomic mass is 9.86. The number of rotatable bonds is 1. The summed E-state index contributed by atoms with van der Waals surface area (Å²) >= 11 is 5.29. The number of thiazole rings is 1. The van der Waals surface area contributed by atoms with Crippen molar-refractivity contribution in [3.05, 3.63) is 44.9 Å². The zero-order valence-electron chi connectivity index (χ0n) is 9.32. The summed E-state index contributed by atoms with van der Waals surface area (Å²) in [7, 11) is 0. The van der Waals surface area contributed by atoms with E-state index in [4.69, 9.17) is 5.73 Å². The SMILES string of the molecule is Nc1nc2c(s1)C(c1ccccc1Br)CCC2. The average molecular weight is 309 g/mol. The number of hydrogen-bond acceptors (Lipinski definition) is 3.